The van der Waals surface area contributed by atoms with Crippen molar-refractivity contribution in [1.82, 2.24) is 10.2 Å². The monoisotopic (exact) mass is 442 g/mol. The molecule has 2 rings (SSSR count). The summed E-state index contributed by atoms with van der Waals surface area (Å²) in [6, 6.07) is 2.30. The van der Waals surface area contributed by atoms with Gasteiger partial charge in [0.2, 0.25) is 0 Å². The predicted octanol–water partition coefficient (Wildman–Crippen LogP) is 0.987. The fourth-order valence-corrected chi connectivity index (χ4v) is 2.75. The van der Waals surface area contributed by atoms with Gasteiger partial charge in [0.25, 0.3) is 5.91 Å². The largest absolute Gasteiger partial charge is 0.493 e. The average molecular weight is 443 g/mol. The molecule has 27 heavy (non-hydrogen) atoms. The van der Waals surface area contributed by atoms with Crippen LogP contribution < -0.4 is 14.8 Å². The second-order valence-corrected chi connectivity index (χ2v) is 6.03. The summed E-state index contributed by atoms with van der Waals surface area (Å²) in [5, 5.41) is 11.1. The van der Waals surface area contributed by atoms with E-state index in [4.69, 9.17) is 14.6 Å². The lowest BCUT2D eigenvalue weighted by molar-refractivity contribution is -0.143. The molecule has 0 unspecified atom stereocenters. The molecule has 2 N–H and O–H groups in total. The highest BCUT2D eigenvalue weighted by atomic mass is 79.9. The molecule has 0 spiro atoms. The van der Waals surface area contributed by atoms with E-state index in [-0.39, 0.29) is 17.2 Å². The number of carboxylic acids is 1. The predicted molar refractivity (Wildman–Crippen MR) is 94.1 cm³/mol. The van der Waals surface area contributed by atoms with Crippen molar-refractivity contribution in [1.29, 1.82) is 0 Å². The van der Waals surface area contributed by atoms with Crippen LogP contribution in [0.1, 0.15) is 5.56 Å². The molecule has 0 atom stereocenters. The highest BCUT2D eigenvalue weighted by Gasteiger charge is 2.35. The van der Waals surface area contributed by atoms with Crippen molar-refractivity contribution in [3.05, 3.63) is 27.9 Å². The van der Waals surface area contributed by atoms with Gasteiger partial charge in [0, 0.05) is 0 Å². The Labute approximate surface area is 161 Å². The van der Waals surface area contributed by atoms with Crippen molar-refractivity contribution in [2.45, 2.75) is 0 Å². The molecule has 144 valence electrons. The van der Waals surface area contributed by atoms with Crippen LogP contribution in [0.2, 0.25) is 0 Å². The number of aliphatic carboxylic acids is 1. The van der Waals surface area contributed by atoms with E-state index >= 15 is 0 Å². The second kappa shape index (κ2) is 8.54. The number of methoxy groups -OCH3 is 2. The Kier molecular flexibility index (Phi) is 6.40. The minimum atomic E-state index is -1.15. The second-order valence-electron chi connectivity index (χ2n) is 5.17. The number of imide groups is 1. The Morgan fingerprint density at radius 3 is 2.59 bits per heavy atom. The first kappa shape index (κ1) is 20.2. The van der Waals surface area contributed by atoms with Crippen molar-refractivity contribution in [2.24, 2.45) is 0 Å². The fourth-order valence-electron chi connectivity index (χ4n) is 2.17. The normalized spacial score (nSPS) is 14.9. The molecule has 11 heteroatoms. The number of carbonyl (C=O) groups excluding carboxylic acids is 3. The van der Waals surface area contributed by atoms with Crippen molar-refractivity contribution in [3.8, 4) is 11.5 Å². The van der Waals surface area contributed by atoms with E-state index < -0.39 is 37.0 Å². The van der Waals surface area contributed by atoms with Crippen LogP contribution in [0, 0.1) is 0 Å². The van der Waals surface area contributed by atoms with Crippen LogP contribution in [-0.2, 0) is 19.1 Å². The Hall–Kier alpha value is -3.08. The van der Waals surface area contributed by atoms with Crippen LogP contribution in [0.3, 0.4) is 0 Å². The summed E-state index contributed by atoms with van der Waals surface area (Å²) in [6.45, 7) is -1.07. The Bertz CT molecular complexity index is 836. The number of carbonyl (C=O) groups is 4. The summed E-state index contributed by atoms with van der Waals surface area (Å²) in [4.78, 5) is 46.8. The van der Waals surface area contributed by atoms with Crippen LogP contribution in [0.5, 0.6) is 11.5 Å². The third kappa shape index (κ3) is 4.76. The highest BCUT2D eigenvalue weighted by Crippen LogP contribution is 2.37. The number of amides is 3. The van der Waals surface area contributed by atoms with Crippen molar-refractivity contribution in [2.75, 3.05) is 27.4 Å². The van der Waals surface area contributed by atoms with E-state index in [0.29, 0.717) is 14.9 Å². The molecule has 3 amide bonds. The molecule has 1 saturated heterocycles. The minimum absolute atomic E-state index is 0.0444. The van der Waals surface area contributed by atoms with Crippen LogP contribution in [0.4, 0.5) is 4.79 Å². The number of carboxylic acid groups (broad SMARTS) is 1. The third-order valence-electron chi connectivity index (χ3n) is 3.38. The first-order valence-electron chi connectivity index (χ1n) is 7.40. The van der Waals surface area contributed by atoms with Gasteiger partial charge in [0.05, 0.1) is 18.7 Å². The van der Waals surface area contributed by atoms with Gasteiger partial charge in [-0.15, -0.1) is 0 Å². The van der Waals surface area contributed by atoms with Gasteiger partial charge in [-0.3, -0.25) is 9.59 Å². The first-order valence-corrected chi connectivity index (χ1v) is 8.19. The van der Waals surface area contributed by atoms with Crippen molar-refractivity contribution >= 4 is 45.9 Å². The number of halogens is 1. The number of nitrogens with zero attached hydrogens (tertiary/aromatic N) is 1. The zero-order chi connectivity index (χ0) is 20.1. The molecular weight excluding hydrogens is 428 g/mol. The highest BCUT2D eigenvalue weighted by molar-refractivity contribution is 9.10. The molecule has 0 aromatic heterocycles. The summed E-state index contributed by atoms with van der Waals surface area (Å²) in [5.41, 5.74) is 0.419. The quantitative estimate of drug-likeness (QED) is 0.362. The van der Waals surface area contributed by atoms with Crippen molar-refractivity contribution in [3.63, 3.8) is 0 Å². The van der Waals surface area contributed by atoms with Crippen LogP contribution in [0.15, 0.2) is 22.3 Å². The number of rotatable bonds is 7. The van der Waals surface area contributed by atoms with E-state index in [9.17, 15) is 19.2 Å². The summed E-state index contributed by atoms with van der Waals surface area (Å²) in [5.74, 6) is -2.17. The number of urea groups is 1. The molecule has 0 radical (unpaired) electrons. The maximum Gasteiger partial charge on any atom is 0.341 e. The number of hydrogen-bond donors (Lipinski definition) is 2. The van der Waals surface area contributed by atoms with E-state index in [1.54, 1.807) is 6.07 Å². The Balaban J connectivity index is 2.29. The Morgan fingerprint density at radius 2 is 2.00 bits per heavy atom. The molecule has 1 aromatic carbocycles. The molecule has 0 aliphatic carbocycles. The minimum Gasteiger partial charge on any atom is -0.493 e. The lowest BCUT2D eigenvalue weighted by Gasteiger charge is -2.12. The SMILES string of the molecule is COC(=O)CN1C(=O)N/C(=C/c2cc(Br)c(OCC(=O)O)c(OC)c2)C1=O. The summed E-state index contributed by atoms with van der Waals surface area (Å²) in [7, 11) is 2.52. The molecule has 0 bridgehead atoms. The lowest BCUT2D eigenvalue weighted by atomic mass is 10.1. The number of esters is 1. The van der Waals surface area contributed by atoms with Gasteiger partial charge >= 0.3 is 18.0 Å². The maximum absolute atomic E-state index is 12.3. The molecule has 1 aromatic rings. The van der Waals surface area contributed by atoms with Gasteiger partial charge in [0.15, 0.2) is 18.1 Å². The molecule has 1 aliphatic heterocycles. The zero-order valence-corrected chi connectivity index (χ0v) is 15.9. The zero-order valence-electron chi connectivity index (χ0n) is 14.3. The van der Waals surface area contributed by atoms with E-state index in [2.05, 4.69) is 26.0 Å². The van der Waals surface area contributed by atoms with Gasteiger partial charge < -0.3 is 24.6 Å². The molecule has 1 fully saturated rings. The average Bonchev–Trinajstić information content (AvgIpc) is 2.87. The number of ether oxygens (including phenoxy) is 3. The number of hydrogen-bond acceptors (Lipinski definition) is 7. The summed E-state index contributed by atoms with van der Waals surface area (Å²) >= 11 is 3.25. The molecule has 0 saturated carbocycles. The first-order chi connectivity index (χ1) is 12.8. The van der Waals surface area contributed by atoms with Crippen LogP contribution >= 0.6 is 15.9 Å². The molecular formula is C16H15BrN2O8. The number of benzene rings is 1. The third-order valence-corrected chi connectivity index (χ3v) is 3.97. The fraction of sp³-hybridized carbons (Fsp3) is 0.250. The molecule has 10 nitrogen and oxygen atoms in total. The molecule has 1 heterocycles. The van der Waals surface area contributed by atoms with E-state index in [1.165, 1.54) is 19.3 Å². The topological polar surface area (TPSA) is 131 Å². The summed E-state index contributed by atoms with van der Waals surface area (Å²) in [6.07, 6.45) is 1.38. The van der Waals surface area contributed by atoms with Gasteiger partial charge in [-0.2, -0.15) is 0 Å². The standard InChI is InChI=1S/C16H15BrN2O8/c1-25-11-5-8(3-9(17)14(11)27-7-12(20)21)4-10-15(23)19(16(24)18-10)6-13(22)26-2/h3-5H,6-7H2,1-2H3,(H,18,24)(H,20,21)/b10-4+. The summed E-state index contributed by atoms with van der Waals surface area (Å²) < 4.78 is 15.2. The van der Waals surface area contributed by atoms with Gasteiger partial charge in [-0.25, -0.2) is 14.5 Å². The van der Waals surface area contributed by atoms with Crippen LogP contribution in [-0.4, -0.2) is 61.3 Å². The van der Waals surface area contributed by atoms with Gasteiger partial charge in [0.1, 0.15) is 12.2 Å². The smallest absolute Gasteiger partial charge is 0.341 e. The number of nitrogens with one attached hydrogen (secondary N) is 1. The maximum atomic E-state index is 12.3. The van der Waals surface area contributed by atoms with Gasteiger partial charge in [-0.05, 0) is 39.7 Å². The van der Waals surface area contributed by atoms with Crippen LogP contribution in [0.25, 0.3) is 6.08 Å². The van der Waals surface area contributed by atoms with Gasteiger partial charge in [-0.1, -0.05) is 0 Å². The Morgan fingerprint density at radius 1 is 1.30 bits per heavy atom. The molecule has 1 aliphatic rings. The van der Waals surface area contributed by atoms with Crippen molar-refractivity contribution < 1.29 is 38.5 Å². The van der Waals surface area contributed by atoms with E-state index in [0.717, 1.165) is 7.11 Å². The lowest BCUT2D eigenvalue weighted by Crippen LogP contribution is -2.36. The van der Waals surface area contributed by atoms with E-state index in [1.807, 2.05) is 0 Å².